The van der Waals surface area contributed by atoms with E-state index < -0.39 is 0 Å². The fourth-order valence-electron chi connectivity index (χ4n) is 3.64. The summed E-state index contributed by atoms with van der Waals surface area (Å²) in [6.07, 6.45) is 3.82. The summed E-state index contributed by atoms with van der Waals surface area (Å²) < 4.78 is 1.92. The molecule has 2 heterocycles. The number of para-hydroxylation sites is 3. The first-order chi connectivity index (χ1) is 15.2. The third kappa shape index (κ3) is 3.98. The van der Waals surface area contributed by atoms with E-state index in [1.165, 1.54) is 11.8 Å². The Hall–Kier alpha value is -3.77. The summed E-state index contributed by atoms with van der Waals surface area (Å²) in [5.41, 5.74) is 3.44. The molecule has 4 aromatic rings. The van der Waals surface area contributed by atoms with Crippen LogP contribution in [0.3, 0.4) is 0 Å². The van der Waals surface area contributed by atoms with Crippen molar-refractivity contribution < 1.29 is 9.59 Å². The van der Waals surface area contributed by atoms with Crippen LogP contribution in [0.4, 0.5) is 11.4 Å². The van der Waals surface area contributed by atoms with Crippen molar-refractivity contribution in [2.45, 2.75) is 11.4 Å². The molecule has 0 unspecified atom stereocenters. The third-order valence-corrected chi connectivity index (χ3v) is 6.16. The van der Waals surface area contributed by atoms with Gasteiger partial charge in [-0.15, -0.1) is 0 Å². The molecule has 0 saturated heterocycles. The number of thioether (sulfide) groups is 1. The first kappa shape index (κ1) is 19.2. The first-order valence-corrected chi connectivity index (χ1v) is 10.7. The van der Waals surface area contributed by atoms with Crippen LogP contribution in [0.25, 0.3) is 17.0 Å². The molecule has 5 rings (SSSR count). The maximum atomic E-state index is 12.6. The molecule has 3 aromatic carbocycles. The Morgan fingerprint density at radius 3 is 2.58 bits per heavy atom. The molecular weight excluding hydrogens is 406 g/mol. The molecule has 1 aromatic heterocycles. The number of aromatic nitrogens is 1. The minimum atomic E-state index is -0.123. The van der Waals surface area contributed by atoms with Crippen LogP contribution in [0.1, 0.15) is 5.56 Å². The number of benzene rings is 3. The molecule has 152 valence electrons. The number of carbonyl (C=O) groups is 2. The number of anilines is 2. The molecular formula is C25H19N3O2S. The number of hydrogen-bond donors (Lipinski definition) is 2. The van der Waals surface area contributed by atoms with Crippen LogP contribution in [0, 0.1) is 0 Å². The molecule has 0 aliphatic carbocycles. The van der Waals surface area contributed by atoms with Gasteiger partial charge in [0, 0.05) is 33.2 Å². The van der Waals surface area contributed by atoms with Crippen LogP contribution in [0.5, 0.6) is 0 Å². The average molecular weight is 426 g/mol. The van der Waals surface area contributed by atoms with E-state index in [0.717, 1.165) is 32.7 Å². The van der Waals surface area contributed by atoms with Gasteiger partial charge in [-0.2, -0.15) is 0 Å². The highest BCUT2D eigenvalue weighted by atomic mass is 32.2. The van der Waals surface area contributed by atoms with Gasteiger partial charge in [-0.25, -0.2) is 0 Å². The Morgan fingerprint density at radius 1 is 0.968 bits per heavy atom. The van der Waals surface area contributed by atoms with Crippen LogP contribution < -0.4 is 10.6 Å². The molecule has 0 atom stereocenters. The van der Waals surface area contributed by atoms with Crippen LogP contribution in [0.2, 0.25) is 0 Å². The zero-order valence-electron chi connectivity index (χ0n) is 16.5. The highest BCUT2D eigenvalue weighted by Crippen LogP contribution is 2.39. The average Bonchev–Trinajstić information content (AvgIpc) is 3.12. The fraction of sp³-hybridized carbons (Fsp3) is 0.0400. The lowest BCUT2D eigenvalue weighted by molar-refractivity contribution is -0.116. The van der Waals surface area contributed by atoms with E-state index in [9.17, 15) is 9.59 Å². The summed E-state index contributed by atoms with van der Waals surface area (Å²) in [6.45, 7) is 0.181. The zero-order valence-corrected chi connectivity index (χ0v) is 17.4. The van der Waals surface area contributed by atoms with Crippen molar-refractivity contribution in [1.29, 1.82) is 0 Å². The molecule has 0 bridgehead atoms. The van der Waals surface area contributed by atoms with Crippen molar-refractivity contribution in [1.82, 2.24) is 4.57 Å². The van der Waals surface area contributed by atoms with Gasteiger partial charge in [0.2, 0.25) is 5.91 Å². The number of hydrogen-bond acceptors (Lipinski definition) is 3. The van der Waals surface area contributed by atoms with Crippen LogP contribution >= 0.6 is 11.8 Å². The lowest BCUT2D eigenvalue weighted by Crippen LogP contribution is -2.18. The molecule has 1 aliphatic heterocycles. The summed E-state index contributed by atoms with van der Waals surface area (Å²) in [5.74, 6) is -0.229. The van der Waals surface area contributed by atoms with Gasteiger partial charge >= 0.3 is 0 Å². The van der Waals surface area contributed by atoms with Gasteiger partial charge in [0.15, 0.2) is 0 Å². The van der Waals surface area contributed by atoms with Crippen LogP contribution in [-0.2, 0) is 16.1 Å². The number of nitrogens with one attached hydrogen (secondary N) is 2. The molecule has 6 heteroatoms. The third-order valence-electron chi connectivity index (χ3n) is 5.06. The smallest absolute Gasteiger partial charge is 0.262 e. The van der Waals surface area contributed by atoms with E-state index in [1.54, 1.807) is 0 Å². The van der Waals surface area contributed by atoms with Crippen molar-refractivity contribution in [2.75, 3.05) is 10.6 Å². The van der Waals surface area contributed by atoms with Gasteiger partial charge in [-0.05, 0) is 36.4 Å². The van der Waals surface area contributed by atoms with Crippen LogP contribution in [0.15, 0.2) is 94.9 Å². The summed E-state index contributed by atoms with van der Waals surface area (Å²) in [5, 5.41) is 6.86. The summed E-state index contributed by atoms with van der Waals surface area (Å²) in [4.78, 5) is 26.8. The minimum Gasteiger partial charge on any atom is -0.337 e. The Labute approximate surface area is 183 Å². The topological polar surface area (TPSA) is 63.1 Å². The van der Waals surface area contributed by atoms with Crippen molar-refractivity contribution in [3.8, 4) is 0 Å². The van der Waals surface area contributed by atoms with E-state index in [-0.39, 0.29) is 18.4 Å². The standard InChI is InChI=1S/C25H19N3O2S/c29-24(26-18-8-2-1-3-9-18)16-28-15-17(19-10-4-6-12-21(19)28)14-23-25(30)27-20-11-5-7-13-22(20)31-23/h1-15H,16H2,(H,26,29)(H,27,30)/b23-14-. The van der Waals surface area contributed by atoms with E-state index in [2.05, 4.69) is 10.6 Å². The minimum absolute atomic E-state index is 0.107. The lowest BCUT2D eigenvalue weighted by atomic mass is 10.1. The quantitative estimate of drug-likeness (QED) is 0.432. The van der Waals surface area contributed by atoms with Gasteiger partial charge in [0.05, 0.1) is 10.6 Å². The highest BCUT2D eigenvalue weighted by molar-refractivity contribution is 8.04. The first-order valence-electron chi connectivity index (χ1n) is 9.90. The second-order valence-electron chi connectivity index (χ2n) is 7.20. The SMILES string of the molecule is O=C(Cn1cc(/C=C2\Sc3ccccc3NC2=O)c2ccccc21)Nc1ccccc1. The number of nitrogens with zero attached hydrogens (tertiary/aromatic N) is 1. The van der Waals surface area contributed by atoms with Gasteiger partial charge in [0.25, 0.3) is 5.91 Å². The molecule has 0 spiro atoms. The van der Waals surface area contributed by atoms with Gasteiger partial charge < -0.3 is 15.2 Å². The summed E-state index contributed by atoms with van der Waals surface area (Å²) in [6, 6.07) is 25.0. The van der Waals surface area contributed by atoms with E-state index in [0.29, 0.717) is 4.91 Å². The largest absolute Gasteiger partial charge is 0.337 e. The summed E-state index contributed by atoms with van der Waals surface area (Å²) in [7, 11) is 0. The monoisotopic (exact) mass is 425 g/mol. The van der Waals surface area contributed by atoms with E-state index in [1.807, 2.05) is 95.7 Å². The Bertz CT molecular complexity index is 1330. The number of carbonyl (C=O) groups excluding carboxylic acids is 2. The zero-order chi connectivity index (χ0) is 21.2. The number of fused-ring (bicyclic) bond motifs is 2. The Morgan fingerprint density at radius 2 is 1.71 bits per heavy atom. The van der Waals surface area contributed by atoms with Crippen molar-refractivity contribution >= 4 is 51.9 Å². The molecule has 2 amide bonds. The molecule has 0 saturated carbocycles. The molecule has 2 N–H and O–H groups in total. The van der Waals surface area contributed by atoms with Crippen molar-refractivity contribution in [3.63, 3.8) is 0 Å². The fourth-order valence-corrected chi connectivity index (χ4v) is 4.58. The van der Waals surface area contributed by atoms with E-state index in [4.69, 9.17) is 0 Å². The normalized spacial score (nSPS) is 14.3. The maximum absolute atomic E-state index is 12.6. The Balaban J connectivity index is 1.46. The van der Waals surface area contributed by atoms with Crippen LogP contribution in [-0.4, -0.2) is 16.4 Å². The van der Waals surface area contributed by atoms with Gasteiger partial charge in [0.1, 0.15) is 6.54 Å². The van der Waals surface area contributed by atoms with Gasteiger partial charge in [-0.3, -0.25) is 9.59 Å². The van der Waals surface area contributed by atoms with Gasteiger partial charge in [-0.1, -0.05) is 60.3 Å². The van der Waals surface area contributed by atoms with Crippen molar-refractivity contribution in [2.24, 2.45) is 0 Å². The summed E-state index contributed by atoms with van der Waals surface area (Å²) >= 11 is 1.45. The Kier molecular flexibility index (Phi) is 5.06. The molecule has 0 fully saturated rings. The van der Waals surface area contributed by atoms with E-state index >= 15 is 0 Å². The molecule has 0 radical (unpaired) electrons. The number of amides is 2. The molecule has 5 nitrogen and oxygen atoms in total. The molecule has 1 aliphatic rings. The lowest BCUT2D eigenvalue weighted by Gasteiger charge is -2.18. The predicted molar refractivity (Wildman–Crippen MR) is 126 cm³/mol. The van der Waals surface area contributed by atoms with Crippen molar-refractivity contribution in [3.05, 3.63) is 95.5 Å². The molecule has 31 heavy (non-hydrogen) atoms. The number of rotatable bonds is 4. The second kappa shape index (κ2) is 8.16. The highest BCUT2D eigenvalue weighted by Gasteiger charge is 2.21. The maximum Gasteiger partial charge on any atom is 0.262 e. The predicted octanol–water partition coefficient (Wildman–Crippen LogP) is 5.37. The second-order valence-corrected chi connectivity index (χ2v) is 8.29.